The number of benzene rings is 2. The highest BCUT2D eigenvalue weighted by molar-refractivity contribution is 8.00. The lowest BCUT2D eigenvalue weighted by molar-refractivity contribution is -0.139. The number of thioether (sulfide) groups is 1. The van der Waals surface area contributed by atoms with Gasteiger partial charge in [-0.25, -0.2) is 0 Å². The molecule has 1 atom stereocenters. The number of halogens is 1. The third-order valence-corrected chi connectivity index (χ3v) is 5.84. The Hall–Kier alpha value is -1.98. The maximum Gasteiger partial charge on any atom is 0.242 e. The average Bonchev–Trinajstić information content (AvgIpc) is 2.74. The van der Waals surface area contributed by atoms with E-state index in [0.717, 1.165) is 23.3 Å². The summed E-state index contributed by atoms with van der Waals surface area (Å²) in [5, 5.41) is 3.65. The SMILES string of the molecule is CCCCNC(=O)C(CC)N(Cc1ccccc1)C(=O)CSc1ccc(Cl)cc1. The number of unbranched alkanes of at least 4 members (excludes halogenated alkanes) is 1. The molecule has 2 aromatic carbocycles. The number of carbonyl (C=O) groups excluding carboxylic acids is 2. The summed E-state index contributed by atoms with van der Waals surface area (Å²) in [5.74, 6) is 0.140. The van der Waals surface area contributed by atoms with E-state index in [2.05, 4.69) is 12.2 Å². The normalized spacial score (nSPS) is 11.7. The summed E-state index contributed by atoms with van der Waals surface area (Å²) in [7, 11) is 0. The first kappa shape index (κ1) is 23.3. The summed E-state index contributed by atoms with van der Waals surface area (Å²) in [4.78, 5) is 28.6. The third-order valence-electron chi connectivity index (χ3n) is 4.59. The van der Waals surface area contributed by atoms with E-state index in [-0.39, 0.29) is 17.6 Å². The number of hydrogen-bond acceptors (Lipinski definition) is 3. The summed E-state index contributed by atoms with van der Waals surface area (Å²) < 4.78 is 0. The summed E-state index contributed by atoms with van der Waals surface area (Å²) >= 11 is 7.39. The molecule has 0 saturated heterocycles. The monoisotopic (exact) mass is 432 g/mol. The van der Waals surface area contributed by atoms with Gasteiger partial charge in [-0.05, 0) is 42.7 Å². The Labute approximate surface area is 183 Å². The number of carbonyl (C=O) groups is 2. The molecule has 6 heteroatoms. The number of rotatable bonds is 11. The van der Waals surface area contributed by atoms with E-state index >= 15 is 0 Å². The van der Waals surface area contributed by atoms with Gasteiger partial charge in [0, 0.05) is 23.0 Å². The van der Waals surface area contributed by atoms with Crippen molar-refractivity contribution < 1.29 is 9.59 Å². The zero-order chi connectivity index (χ0) is 21.1. The minimum atomic E-state index is -0.481. The molecule has 0 bridgehead atoms. The number of hydrogen-bond donors (Lipinski definition) is 1. The lowest BCUT2D eigenvalue weighted by Gasteiger charge is -2.30. The van der Waals surface area contributed by atoms with E-state index in [1.807, 2.05) is 61.5 Å². The Morgan fingerprint density at radius 2 is 1.76 bits per heavy atom. The molecule has 0 aromatic heterocycles. The molecule has 0 aliphatic heterocycles. The van der Waals surface area contributed by atoms with Gasteiger partial charge < -0.3 is 10.2 Å². The molecule has 1 unspecified atom stereocenters. The quantitative estimate of drug-likeness (QED) is 0.394. The third kappa shape index (κ3) is 7.75. The van der Waals surface area contributed by atoms with E-state index in [1.54, 1.807) is 4.90 Å². The molecule has 0 fully saturated rings. The van der Waals surface area contributed by atoms with Crippen LogP contribution < -0.4 is 5.32 Å². The second-order valence-corrected chi connectivity index (χ2v) is 8.30. The van der Waals surface area contributed by atoms with Crippen molar-refractivity contribution >= 4 is 35.2 Å². The number of amides is 2. The number of nitrogens with one attached hydrogen (secondary N) is 1. The summed E-state index contributed by atoms with van der Waals surface area (Å²) in [6.45, 7) is 5.09. The molecule has 0 heterocycles. The van der Waals surface area contributed by atoms with E-state index in [0.29, 0.717) is 24.5 Å². The van der Waals surface area contributed by atoms with Crippen LogP contribution in [-0.2, 0) is 16.1 Å². The van der Waals surface area contributed by atoms with Crippen molar-refractivity contribution in [2.24, 2.45) is 0 Å². The minimum Gasteiger partial charge on any atom is -0.354 e. The van der Waals surface area contributed by atoms with Crippen molar-refractivity contribution in [2.45, 2.75) is 50.6 Å². The molecule has 0 aliphatic rings. The van der Waals surface area contributed by atoms with Gasteiger partial charge in [0.05, 0.1) is 5.75 Å². The fourth-order valence-electron chi connectivity index (χ4n) is 2.96. The lowest BCUT2D eigenvalue weighted by Crippen LogP contribution is -2.49. The summed E-state index contributed by atoms with van der Waals surface area (Å²) in [5.41, 5.74) is 1.01. The Kier molecular flexibility index (Phi) is 10.1. The number of nitrogens with zero attached hydrogens (tertiary/aromatic N) is 1. The molecular weight excluding hydrogens is 404 g/mol. The maximum absolute atomic E-state index is 13.1. The molecule has 1 N–H and O–H groups in total. The first-order chi connectivity index (χ1) is 14.0. The summed E-state index contributed by atoms with van der Waals surface area (Å²) in [6, 6.07) is 16.7. The maximum atomic E-state index is 13.1. The zero-order valence-corrected chi connectivity index (χ0v) is 18.6. The predicted octanol–water partition coefficient (Wildman–Crippen LogP) is 5.16. The fourth-order valence-corrected chi connectivity index (χ4v) is 3.88. The van der Waals surface area contributed by atoms with E-state index in [4.69, 9.17) is 11.6 Å². The minimum absolute atomic E-state index is 0.0497. The molecule has 4 nitrogen and oxygen atoms in total. The van der Waals surface area contributed by atoms with Crippen molar-refractivity contribution in [3.05, 3.63) is 65.2 Å². The zero-order valence-electron chi connectivity index (χ0n) is 17.1. The van der Waals surface area contributed by atoms with Crippen molar-refractivity contribution in [2.75, 3.05) is 12.3 Å². The van der Waals surface area contributed by atoms with Crippen molar-refractivity contribution in [1.29, 1.82) is 0 Å². The van der Waals surface area contributed by atoms with Gasteiger partial charge in [-0.1, -0.05) is 62.2 Å². The van der Waals surface area contributed by atoms with Crippen LogP contribution in [0.15, 0.2) is 59.5 Å². The largest absolute Gasteiger partial charge is 0.354 e. The molecule has 0 radical (unpaired) electrons. The summed E-state index contributed by atoms with van der Waals surface area (Å²) in [6.07, 6.45) is 2.52. The second-order valence-electron chi connectivity index (χ2n) is 6.82. The lowest BCUT2D eigenvalue weighted by atomic mass is 10.1. The molecule has 2 aromatic rings. The molecule has 0 spiro atoms. The topological polar surface area (TPSA) is 49.4 Å². The van der Waals surface area contributed by atoms with Crippen molar-refractivity contribution in [3.63, 3.8) is 0 Å². The molecular formula is C23H29ClN2O2S. The van der Waals surface area contributed by atoms with Gasteiger partial charge in [-0.3, -0.25) is 9.59 Å². The second kappa shape index (κ2) is 12.6. The van der Waals surface area contributed by atoms with Crippen LogP contribution in [-0.4, -0.2) is 35.1 Å². The Morgan fingerprint density at radius 3 is 2.38 bits per heavy atom. The van der Waals surface area contributed by atoms with Gasteiger partial charge in [-0.15, -0.1) is 11.8 Å². The van der Waals surface area contributed by atoms with Crippen LogP contribution in [0.3, 0.4) is 0 Å². The van der Waals surface area contributed by atoms with E-state index < -0.39 is 6.04 Å². The van der Waals surface area contributed by atoms with Crippen LogP contribution in [0.4, 0.5) is 0 Å². The van der Waals surface area contributed by atoms with Crippen molar-refractivity contribution in [3.8, 4) is 0 Å². The van der Waals surface area contributed by atoms with Gasteiger partial charge in [0.15, 0.2) is 0 Å². The van der Waals surface area contributed by atoms with Crippen LogP contribution in [0, 0.1) is 0 Å². The average molecular weight is 433 g/mol. The Balaban J connectivity index is 2.12. The van der Waals surface area contributed by atoms with Gasteiger partial charge in [0.25, 0.3) is 0 Å². The first-order valence-corrected chi connectivity index (χ1v) is 11.4. The standard InChI is InChI=1S/C23H29ClN2O2S/c1-3-5-15-25-23(28)21(4-2)26(16-18-9-7-6-8-10-18)22(27)17-29-20-13-11-19(24)12-14-20/h6-14,21H,3-5,15-17H2,1-2H3,(H,25,28). The van der Waals surface area contributed by atoms with Crippen molar-refractivity contribution in [1.82, 2.24) is 10.2 Å². The predicted molar refractivity (Wildman–Crippen MR) is 121 cm³/mol. The Morgan fingerprint density at radius 1 is 1.07 bits per heavy atom. The molecule has 0 aliphatic carbocycles. The molecule has 29 heavy (non-hydrogen) atoms. The fraction of sp³-hybridized carbons (Fsp3) is 0.391. The van der Waals surface area contributed by atoms with Crippen LogP contribution in [0.2, 0.25) is 5.02 Å². The van der Waals surface area contributed by atoms with Gasteiger partial charge in [0.2, 0.25) is 11.8 Å². The highest BCUT2D eigenvalue weighted by Gasteiger charge is 2.28. The molecule has 2 amide bonds. The highest BCUT2D eigenvalue weighted by Crippen LogP contribution is 2.22. The first-order valence-electron chi connectivity index (χ1n) is 10.0. The highest BCUT2D eigenvalue weighted by atomic mass is 35.5. The van der Waals surface area contributed by atoms with Gasteiger partial charge >= 0.3 is 0 Å². The van der Waals surface area contributed by atoms with Crippen LogP contribution in [0.5, 0.6) is 0 Å². The van der Waals surface area contributed by atoms with Crippen LogP contribution in [0.1, 0.15) is 38.7 Å². The van der Waals surface area contributed by atoms with Crippen LogP contribution >= 0.6 is 23.4 Å². The van der Waals surface area contributed by atoms with Crippen LogP contribution in [0.25, 0.3) is 0 Å². The molecule has 156 valence electrons. The van der Waals surface area contributed by atoms with Gasteiger partial charge in [0.1, 0.15) is 6.04 Å². The molecule has 2 rings (SSSR count). The van der Waals surface area contributed by atoms with E-state index in [1.165, 1.54) is 11.8 Å². The smallest absolute Gasteiger partial charge is 0.242 e. The van der Waals surface area contributed by atoms with Gasteiger partial charge in [-0.2, -0.15) is 0 Å². The molecule has 0 saturated carbocycles. The Bertz CT molecular complexity index is 768. The van der Waals surface area contributed by atoms with E-state index in [9.17, 15) is 9.59 Å².